The van der Waals surface area contributed by atoms with Gasteiger partial charge in [-0.05, 0) is 51.0 Å². The zero-order valence-electron chi connectivity index (χ0n) is 26.1. The van der Waals surface area contributed by atoms with Crippen LogP contribution in [0, 0.1) is 0 Å². The first-order valence-corrected chi connectivity index (χ1v) is 17.4. The lowest BCUT2D eigenvalue weighted by atomic mass is 10.1. The summed E-state index contributed by atoms with van der Waals surface area (Å²) in [4.78, 5) is 44.5. The van der Waals surface area contributed by atoms with Crippen LogP contribution in [-0.2, 0) is 37.5 Å². The number of hydrogen-bond acceptors (Lipinski definition) is 10. The molecule has 0 aliphatic carbocycles. The molecule has 0 radical (unpaired) electrons. The Bertz CT molecular complexity index is 820. The molecule has 43 heavy (non-hydrogen) atoms. The van der Waals surface area contributed by atoms with Crippen LogP contribution in [0.1, 0.15) is 116 Å². The Balaban J connectivity index is 4.29. The number of aldehydes is 1. The lowest BCUT2D eigenvalue weighted by Gasteiger charge is -2.20. The third-order valence-corrected chi connectivity index (χ3v) is 7.44. The van der Waals surface area contributed by atoms with Crippen molar-refractivity contribution in [3.8, 4) is 0 Å². The van der Waals surface area contributed by atoms with Crippen molar-refractivity contribution in [2.45, 2.75) is 128 Å². The number of phosphoric ester groups is 1. The van der Waals surface area contributed by atoms with E-state index in [1.807, 2.05) is 0 Å². The lowest BCUT2D eigenvalue weighted by molar-refractivity contribution is -0.161. The van der Waals surface area contributed by atoms with E-state index in [4.69, 9.17) is 19.7 Å². The minimum atomic E-state index is -4.43. The summed E-state index contributed by atoms with van der Waals surface area (Å²) in [6, 6.07) is 0. The molecule has 250 valence electrons. The molecule has 0 fully saturated rings. The monoisotopic (exact) mass is 633 g/mol. The molecular formula is C31H56NO10P. The summed E-state index contributed by atoms with van der Waals surface area (Å²) >= 11 is 0. The van der Waals surface area contributed by atoms with Gasteiger partial charge in [0.05, 0.1) is 19.3 Å². The van der Waals surface area contributed by atoms with Gasteiger partial charge in [-0.3, -0.25) is 23.4 Å². The SMILES string of the molecule is CCCCCCCC/C=C\CCCCCCCC(=O)OC[C@H](COP(=O)(O)OCCN)OC(=O)CCCC(O)/C=C/C=O. The fourth-order valence-corrected chi connectivity index (χ4v) is 4.83. The molecule has 0 aromatic carbocycles. The molecule has 0 rings (SSSR count). The van der Waals surface area contributed by atoms with Crippen LogP contribution in [0.5, 0.6) is 0 Å². The maximum atomic E-state index is 12.3. The summed E-state index contributed by atoms with van der Waals surface area (Å²) in [5.41, 5.74) is 5.27. The van der Waals surface area contributed by atoms with Crippen molar-refractivity contribution >= 4 is 26.0 Å². The van der Waals surface area contributed by atoms with Gasteiger partial charge in [-0.15, -0.1) is 0 Å². The Kier molecular flexibility index (Phi) is 27.6. The number of hydrogen-bond donors (Lipinski definition) is 3. The van der Waals surface area contributed by atoms with Gasteiger partial charge in [0.2, 0.25) is 0 Å². The fourth-order valence-electron chi connectivity index (χ4n) is 4.07. The second-order valence-electron chi connectivity index (χ2n) is 10.5. The molecule has 0 spiro atoms. The number of unbranched alkanes of at least 4 members (excludes halogenated alkanes) is 11. The smallest absolute Gasteiger partial charge is 0.462 e. The van der Waals surface area contributed by atoms with Gasteiger partial charge in [0.1, 0.15) is 12.9 Å². The summed E-state index contributed by atoms with van der Waals surface area (Å²) in [7, 11) is -4.43. The third-order valence-electron chi connectivity index (χ3n) is 6.46. The highest BCUT2D eigenvalue weighted by atomic mass is 31.2. The van der Waals surface area contributed by atoms with Gasteiger partial charge in [0, 0.05) is 19.4 Å². The van der Waals surface area contributed by atoms with E-state index in [0.29, 0.717) is 12.7 Å². The molecular weight excluding hydrogens is 577 g/mol. The Labute approximate surface area is 258 Å². The minimum absolute atomic E-state index is 0.00812. The highest BCUT2D eigenvalue weighted by Crippen LogP contribution is 2.43. The van der Waals surface area contributed by atoms with Crippen LogP contribution in [0.4, 0.5) is 0 Å². The van der Waals surface area contributed by atoms with Crippen molar-refractivity contribution in [3.05, 3.63) is 24.3 Å². The highest BCUT2D eigenvalue weighted by Gasteiger charge is 2.26. The first kappa shape index (κ1) is 41.1. The Morgan fingerprint density at radius 2 is 1.44 bits per heavy atom. The van der Waals surface area contributed by atoms with E-state index in [-0.39, 0.29) is 45.4 Å². The maximum Gasteiger partial charge on any atom is 0.472 e. The fraction of sp³-hybridized carbons (Fsp3) is 0.774. The van der Waals surface area contributed by atoms with Crippen LogP contribution < -0.4 is 5.73 Å². The molecule has 0 bridgehead atoms. The minimum Gasteiger partial charge on any atom is -0.462 e. The van der Waals surface area contributed by atoms with Gasteiger partial charge in [0.25, 0.3) is 0 Å². The zero-order chi connectivity index (χ0) is 32.0. The average molecular weight is 634 g/mol. The van der Waals surface area contributed by atoms with E-state index in [1.54, 1.807) is 0 Å². The summed E-state index contributed by atoms with van der Waals surface area (Å²) in [6.07, 6.45) is 21.2. The van der Waals surface area contributed by atoms with E-state index in [9.17, 15) is 28.9 Å². The molecule has 0 aromatic heterocycles. The van der Waals surface area contributed by atoms with Crippen LogP contribution >= 0.6 is 7.82 Å². The summed E-state index contributed by atoms with van der Waals surface area (Å²) in [6.45, 7) is 1.15. The maximum absolute atomic E-state index is 12.3. The lowest BCUT2D eigenvalue weighted by Crippen LogP contribution is -2.29. The van der Waals surface area contributed by atoms with Crippen LogP contribution in [0.2, 0.25) is 0 Å². The van der Waals surface area contributed by atoms with Crippen LogP contribution in [-0.4, -0.2) is 66.8 Å². The van der Waals surface area contributed by atoms with Crippen molar-refractivity contribution in [1.82, 2.24) is 0 Å². The largest absolute Gasteiger partial charge is 0.472 e. The summed E-state index contributed by atoms with van der Waals surface area (Å²) < 4.78 is 32.0. The quantitative estimate of drug-likeness (QED) is 0.0216. The molecule has 4 N–H and O–H groups in total. The first-order chi connectivity index (χ1) is 20.7. The van der Waals surface area contributed by atoms with Gasteiger partial charge in [0.15, 0.2) is 6.10 Å². The molecule has 0 saturated heterocycles. The van der Waals surface area contributed by atoms with Gasteiger partial charge in [-0.2, -0.15) is 0 Å². The Morgan fingerprint density at radius 3 is 2.07 bits per heavy atom. The molecule has 3 atom stereocenters. The van der Waals surface area contributed by atoms with Gasteiger partial charge < -0.3 is 25.2 Å². The van der Waals surface area contributed by atoms with Crippen LogP contribution in [0.3, 0.4) is 0 Å². The number of aliphatic hydroxyl groups is 1. The Morgan fingerprint density at radius 1 is 0.837 bits per heavy atom. The number of aliphatic hydroxyl groups excluding tert-OH is 1. The van der Waals surface area contributed by atoms with E-state index in [2.05, 4.69) is 23.6 Å². The van der Waals surface area contributed by atoms with Gasteiger partial charge >= 0.3 is 19.8 Å². The van der Waals surface area contributed by atoms with Crippen molar-refractivity contribution in [2.75, 3.05) is 26.4 Å². The number of phosphoric acid groups is 1. The van der Waals surface area contributed by atoms with Crippen molar-refractivity contribution in [2.24, 2.45) is 5.73 Å². The van der Waals surface area contributed by atoms with Gasteiger partial charge in [-0.25, -0.2) is 4.57 Å². The number of carbonyl (C=O) groups is 3. The number of rotatable bonds is 30. The van der Waals surface area contributed by atoms with E-state index in [0.717, 1.165) is 38.5 Å². The van der Waals surface area contributed by atoms with Crippen molar-refractivity contribution in [3.63, 3.8) is 0 Å². The second-order valence-corrected chi connectivity index (χ2v) is 11.9. The van der Waals surface area contributed by atoms with Crippen molar-refractivity contribution < 1.29 is 47.5 Å². The average Bonchev–Trinajstić information content (AvgIpc) is 2.98. The van der Waals surface area contributed by atoms with E-state index >= 15 is 0 Å². The van der Waals surface area contributed by atoms with Crippen LogP contribution in [0.25, 0.3) is 0 Å². The zero-order valence-corrected chi connectivity index (χ0v) is 27.0. The Hall–Kier alpha value is -1.88. The summed E-state index contributed by atoms with van der Waals surface area (Å²) in [5.74, 6) is -1.13. The standard InChI is InChI=1S/C31H56NO10P/c1-2-3-4-5-6-7-8-9-10-11-12-13-14-15-16-21-30(35)39-26-29(27-41-43(37,38)40-25-23-32)42-31(36)22-17-19-28(34)20-18-24-33/h9-10,18,20,24,28-29,34H,2-8,11-17,19,21-23,25-27,32H2,1H3,(H,37,38)/b10-9-,20-18+/t28?,29-/m1/s1. The number of esters is 2. The normalized spacial score (nSPS) is 14.5. The molecule has 0 saturated carbocycles. The van der Waals surface area contributed by atoms with Crippen LogP contribution in [0.15, 0.2) is 24.3 Å². The predicted octanol–water partition coefficient (Wildman–Crippen LogP) is 5.86. The number of allylic oxidation sites excluding steroid dienone is 3. The molecule has 0 aliphatic rings. The number of nitrogens with two attached hydrogens (primary N) is 1. The number of ether oxygens (including phenoxy) is 2. The molecule has 0 heterocycles. The third kappa shape index (κ3) is 28.6. The van der Waals surface area contributed by atoms with E-state index in [1.165, 1.54) is 50.7 Å². The number of carbonyl (C=O) groups excluding carboxylic acids is 3. The second kappa shape index (κ2) is 28.9. The summed E-state index contributed by atoms with van der Waals surface area (Å²) in [5, 5.41) is 9.71. The molecule has 0 aliphatic heterocycles. The molecule has 12 heteroatoms. The van der Waals surface area contributed by atoms with Gasteiger partial charge in [-0.1, -0.05) is 76.5 Å². The molecule has 11 nitrogen and oxygen atoms in total. The highest BCUT2D eigenvalue weighted by molar-refractivity contribution is 7.47. The van der Waals surface area contributed by atoms with Crippen molar-refractivity contribution in [1.29, 1.82) is 0 Å². The van der Waals surface area contributed by atoms with E-state index < -0.39 is 38.6 Å². The molecule has 2 unspecified atom stereocenters. The topological polar surface area (TPSA) is 172 Å². The predicted molar refractivity (Wildman–Crippen MR) is 166 cm³/mol. The molecule has 0 amide bonds. The first-order valence-electron chi connectivity index (χ1n) is 15.9. The molecule has 0 aromatic rings.